The zero-order chi connectivity index (χ0) is 13.4. The Labute approximate surface area is 113 Å². The van der Waals surface area contributed by atoms with E-state index in [1.807, 2.05) is 0 Å². The Bertz CT molecular complexity index is 396. The molecule has 4 nitrogen and oxygen atoms in total. The highest BCUT2D eigenvalue weighted by Crippen LogP contribution is 2.14. The van der Waals surface area contributed by atoms with E-state index in [0.717, 1.165) is 25.8 Å². The summed E-state index contributed by atoms with van der Waals surface area (Å²) in [5.41, 5.74) is 0.546. The highest BCUT2D eigenvalue weighted by Gasteiger charge is 2.08. The second-order valence-corrected chi connectivity index (χ2v) is 4.49. The Balaban J connectivity index is 2.69. The molecule has 0 radical (unpaired) electrons. The molecule has 1 rings (SSSR count). The minimum atomic E-state index is -0.104. The van der Waals surface area contributed by atoms with Gasteiger partial charge in [0.2, 0.25) is 0 Å². The average Bonchev–Trinajstić information content (AvgIpc) is 2.36. The summed E-state index contributed by atoms with van der Waals surface area (Å²) in [7, 11) is 0. The smallest absolute Gasteiger partial charge is 0.251 e. The number of halogens is 1. The van der Waals surface area contributed by atoms with E-state index in [1.54, 1.807) is 12.1 Å². The molecule has 0 atom stereocenters. The van der Waals surface area contributed by atoms with Gasteiger partial charge in [0.05, 0.1) is 0 Å². The minimum Gasteiger partial charge on any atom is -0.370 e. The summed E-state index contributed by atoms with van der Waals surface area (Å²) in [4.78, 5) is 16.0. The first-order valence-electron chi connectivity index (χ1n) is 6.37. The molecule has 1 aromatic heterocycles. The van der Waals surface area contributed by atoms with Crippen LogP contribution in [0, 0.1) is 0 Å². The van der Waals surface area contributed by atoms with E-state index in [-0.39, 0.29) is 5.91 Å². The van der Waals surface area contributed by atoms with Crippen LogP contribution in [0.2, 0.25) is 5.15 Å². The van der Waals surface area contributed by atoms with Crippen LogP contribution < -0.4 is 10.6 Å². The van der Waals surface area contributed by atoms with Gasteiger partial charge in [-0.25, -0.2) is 4.98 Å². The normalized spacial score (nSPS) is 10.2. The number of hydrogen-bond donors (Lipinski definition) is 2. The van der Waals surface area contributed by atoms with Gasteiger partial charge in [-0.2, -0.15) is 0 Å². The van der Waals surface area contributed by atoms with Crippen LogP contribution in [0.5, 0.6) is 0 Å². The van der Waals surface area contributed by atoms with Crippen LogP contribution in [-0.4, -0.2) is 24.0 Å². The monoisotopic (exact) mass is 269 g/mol. The second kappa shape index (κ2) is 7.93. The number of unbranched alkanes of at least 4 members (excludes halogenated alkanes) is 1. The molecular weight excluding hydrogens is 250 g/mol. The second-order valence-electron chi connectivity index (χ2n) is 4.10. The Morgan fingerprint density at radius 3 is 2.72 bits per heavy atom. The lowest BCUT2D eigenvalue weighted by Gasteiger charge is -2.08. The zero-order valence-electron chi connectivity index (χ0n) is 10.9. The van der Waals surface area contributed by atoms with Crippen molar-refractivity contribution in [2.45, 2.75) is 33.1 Å². The number of carbonyl (C=O) groups excluding carboxylic acids is 1. The van der Waals surface area contributed by atoms with Crippen LogP contribution in [0.4, 0.5) is 5.82 Å². The van der Waals surface area contributed by atoms with Gasteiger partial charge < -0.3 is 10.6 Å². The number of carbonyl (C=O) groups is 1. The van der Waals surface area contributed by atoms with Crippen LogP contribution >= 0.6 is 11.6 Å². The number of aromatic nitrogens is 1. The molecule has 0 saturated carbocycles. The molecule has 100 valence electrons. The first-order chi connectivity index (χ1) is 8.67. The summed E-state index contributed by atoms with van der Waals surface area (Å²) in [6, 6.07) is 3.31. The number of anilines is 1. The third-order valence-corrected chi connectivity index (χ3v) is 2.62. The van der Waals surface area contributed by atoms with Crippen LogP contribution in [0.25, 0.3) is 0 Å². The van der Waals surface area contributed by atoms with Gasteiger partial charge in [0.15, 0.2) is 0 Å². The Morgan fingerprint density at radius 2 is 2.06 bits per heavy atom. The summed E-state index contributed by atoms with van der Waals surface area (Å²) in [6.45, 7) is 5.65. The molecule has 1 heterocycles. The van der Waals surface area contributed by atoms with Gasteiger partial charge in [-0.15, -0.1) is 0 Å². The van der Waals surface area contributed by atoms with Crippen molar-refractivity contribution < 1.29 is 4.79 Å². The molecule has 0 spiro atoms. The van der Waals surface area contributed by atoms with Gasteiger partial charge in [-0.3, -0.25) is 4.79 Å². The van der Waals surface area contributed by atoms with Gasteiger partial charge in [-0.05, 0) is 25.0 Å². The summed E-state index contributed by atoms with van der Waals surface area (Å²) < 4.78 is 0. The Kier molecular flexibility index (Phi) is 6.50. The Hall–Kier alpha value is -1.29. The number of amides is 1. The van der Waals surface area contributed by atoms with E-state index >= 15 is 0 Å². The molecule has 0 unspecified atom stereocenters. The van der Waals surface area contributed by atoms with Crippen LogP contribution in [-0.2, 0) is 0 Å². The topological polar surface area (TPSA) is 54.0 Å². The fraction of sp³-hybridized carbons (Fsp3) is 0.538. The Morgan fingerprint density at radius 1 is 1.28 bits per heavy atom. The molecule has 0 bridgehead atoms. The third kappa shape index (κ3) is 4.92. The molecule has 0 aliphatic carbocycles. The van der Waals surface area contributed by atoms with Gasteiger partial charge in [0, 0.05) is 18.7 Å². The lowest BCUT2D eigenvalue weighted by Crippen LogP contribution is -2.24. The van der Waals surface area contributed by atoms with Crippen LogP contribution in [0.3, 0.4) is 0 Å². The first kappa shape index (κ1) is 14.8. The van der Waals surface area contributed by atoms with Crippen molar-refractivity contribution in [1.29, 1.82) is 0 Å². The molecule has 18 heavy (non-hydrogen) atoms. The molecule has 5 heteroatoms. The number of nitrogens with zero attached hydrogens (tertiary/aromatic N) is 1. The van der Waals surface area contributed by atoms with E-state index in [2.05, 4.69) is 29.5 Å². The van der Waals surface area contributed by atoms with Crippen molar-refractivity contribution in [2.75, 3.05) is 18.4 Å². The van der Waals surface area contributed by atoms with E-state index in [4.69, 9.17) is 11.6 Å². The molecular formula is C13H20ClN3O. The predicted octanol–water partition coefficient (Wildman–Crippen LogP) is 3.09. The van der Waals surface area contributed by atoms with Crippen molar-refractivity contribution in [3.05, 3.63) is 22.8 Å². The van der Waals surface area contributed by atoms with E-state index in [1.165, 1.54) is 0 Å². The van der Waals surface area contributed by atoms with Crippen LogP contribution in [0.15, 0.2) is 12.1 Å². The fourth-order valence-corrected chi connectivity index (χ4v) is 1.66. The number of hydrogen-bond acceptors (Lipinski definition) is 3. The number of rotatable bonds is 7. The maximum atomic E-state index is 11.9. The predicted molar refractivity (Wildman–Crippen MR) is 75.3 cm³/mol. The summed E-state index contributed by atoms with van der Waals surface area (Å²) in [5.74, 6) is 0.539. The lowest BCUT2D eigenvalue weighted by molar-refractivity contribution is 0.0953. The quantitative estimate of drug-likeness (QED) is 0.591. The standard InChI is InChI=1S/C13H20ClN3O/c1-3-5-7-16-13(18)10-8-11(14)17-12(9-10)15-6-4-2/h8-9H,3-7H2,1-2H3,(H,15,17)(H,16,18). The molecule has 0 saturated heterocycles. The van der Waals surface area contributed by atoms with Gasteiger partial charge >= 0.3 is 0 Å². The summed E-state index contributed by atoms with van der Waals surface area (Å²) in [5, 5.41) is 6.31. The lowest BCUT2D eigenvalue weighted by atomic mass is 10.2. The van der Waals surface area contributed by atoms with Crippen molar-refractivity contribution in [3.63, 3.8) is 0 Å². The SMILES string of the molecule is CCCCNC(=O)c1cc(Cl)nc(NCCC)c1. The number of nitrogens with one attached hydrogen (secondary N) is 2. The van der Waals surface area contributed by atoms with E-state index in [0.29, 0.717) is 23.1 Å². The summed E-state index contributed by atoms with van der Waals surface area (Å²) in [6.07, 6.45) is 3.03. The first-order valence-corrected chi connectivity index (χ1v) is 6.74. The van der Waals surface area contributed by atoms with Crippen LogP contribution in [0.1, 0.15) is 43.5 Å². The van der Waals surface area contributed by atoms with E-state index in [9.17, 15) is 4.79 Å². The van der Waals surface area contributed by atoms with Crippen molar-refractivity contribution in [3.8, 4) is 0 Å². The minimum absolute atomic E-state index is 0.104. The molecule has 0 aromatic carbocycles. The molecule has 1 aromatic rings. The van der Waals surface area contributed by atoms with Gasteiger partial charge in [0.25, 0.3) is 5.91 Å². The molecule has 1 amide bonds. The molecule has 0 aliphatic rings. The third-order valence-electron chi connectivity index (χ3n) is 2.43. The highest BCUT2D eigenvalue weighted by atomic mass is 35.5. The molecule has 0 fully saturated rings. The van der Waals surface area contributed by atoms with Gasteiger partial charge in [0.1, 0.15) is 11.0 Å². The fourth-order valence-electron chi connectivity index (χ4n) is 1.45. The highest BCUT2D eigenvalue weighted by molar-refractivity contribution is 6.29. The molecule has 2 N–H and O–H groups in total. The maximum absolute atomic E-state index is 11.9. The van der Waals surface area contributed by atoms with Gasteiger partial charge in [-0.1, -0.05) is 31.9 Å². The molecule has 0 aliphatic heterocycles. The maximum Gasteiger partial charge on any atom is 0.251 e. The van der Waals surface area contributed by atoms with Crippen molar-refractivity contribution in [2.24, 2.45) is 0 Å². The van der Waals surface area contributed by atoms with Crippen molar-refractivity contribution in [1.82, 2.24) is 10.3 Å². The summed E-state index contributed by atoms with van der Waals surface area (Å²) >= 11 is 5.90. The number of pyridine rings is 1. The largest absolute Gasteiger partial charge is 0.370 e. The zero-order valence-corrected chi connectivity index (χ0v) is 11.7. The average molecular weight is 270 g/mol. The van der Waals surface area contributed by atoms with Crippen molar-refractivity contribution >= 4 is 23.3 Å². The van der Waals surface area contributed by atoms with E-state index < -0.39 is 0 Å².